The first-order chi connectivity index (χ1) is 27.4. The van der Waals surface area contributed by atoms with Crippen molar-refractivity contribution in [2.45, 2.75) is 51.2 Å². The van der Waals surface area contributed by atoms with Gasteiger partial charge in [-0.1, -0.05) is 37.1 Å². The molecule has 0 radical (unpaired) electrons. The molecule has 3 atom stereocenters. The zero-order chi connectivity index (χ0) is 41.5. The minimum absolute atomic E-state index is 0.0141. The van der Waals surface area contributed by atoms with Crippen LogP contribution in [0.2, 0.25) is 5.02 Å². The summed E-state index contributed by atoms with van der Waals surface area (Å²) in [5.74, 6) is -2.02. The van der Waals surface area contributed by atoms with Crippen molar-refractivity contribution in [3.05, 3.63) is 76.3 Å². The van der Waals surface area contributed by atoms with Crippen LogP contribution in [0.1, 0.15) is 54.2 Å². The number of nitrogens with zero attached hydrogens (tertiary/aromatic N) is 2. The average molecular weight is 805 g/mol. The SMILES string of the molecule is CCCCOc1ccc(C(=O)NCC(=O)N(C)C2C(=O)N[C@@H](C)C(=O)NC(C(=O)NCC#N)Cc3ccc(OCCN)c(c3)-c3cc2ccc3OCCN)c(Cl)c1. The Labute approximate surface area is 336 Å². The number of benzene rings is 3. The highest BCUT2D eigenvalue weighted by molar-refractivity contribution is 6.34. The minimum Gasteiger partial charge on any atom is -0.494 e. The molecule has 17 heteroatoms. The highest BCUT2D eigenvalue weighted by atomic mass is 35.5. The Bertz CT molecular complexity index is 1970. The molecule has 3 aromatic carbocycles. The van der Waals surface area contributed by atoms with Gasteiger partial charge in [-0.2, -0.15) is 5.26 Å². The van der Waals surface area contributed by atoms with E-state index in [0.717, 1.165) is 17.7 Å². The minimum atomic E-state index is -1.34. The van der Waals surface area contributed by atoms with Crippen LogP contribution in [0.3, 0.4) is 0 Å². The van der Waals surface area contributed by atoms with Gasteiger partial charge in [0, 0.05) is 37.7 Å². The van der Waals surface area contributed by atoms with Crippen molar-refractivity contribution in [2.24, 2.45) is 11.5 Å². The number of carbonyl (C=O) groups is 5. The number of ether oxygens (including phenoxy) is 3. The second kappa shape index (κ2) is 21.4. The van der Waals surface area contributed by atoms with E-state index >= 15 is 0 Å². The summed E-state index contributed by atoms with van der Waals surface area (Å²) in [6, 6.07) is 12.9. The second-order valence-corrected chi connectivity index (χ2v) is 13.6. The Balaban J connectivity index is 1.76. The third-order valence-corrected chi connectivity index (χ3v) is 9.26. The molecule has 1 aliphatic rings. The van der Waals surface area contributed by atoms with Gasteiger partial charge in [0.25, 0.3) is 5.91 Å². The topological polar surface area (TPSA) is 240 Å². The number of fused-ring (bicyclic) bond motifs is 5. The van der Waals surface area contributed by atoms with E-state index in [0.29, 0.717) is 46.1 Å². The van der Waals surface area contributed by atoms with Gasteiger partial charge in [-0.3, -0.25) is 24.0 Å². The Morgan fingerprint density at radius 2 is 1.60 bits per heavy atom. The van der Waals surface area contributed by atoms with Crippen LogP contribution in [0.5, 0.6) is 17.2 Å². The van der Waals surface area contributed by atoms with E-state index in [1.165, 1.54) is 26.1 Å². The van der Waals surface area contributed by atoms with E-state index in [1.807, 2.05) is 13.0 Å². The number of carbonyl (C=O) groups excluding carboxylic acids is 5. The molecule has 1 aliphatic heterocycles. The Morgan fingerprint density at radius 1 is 0.912 bits per heavy atom. The Morgan fingerprint density at radius 3 is 2.25 bits per heavy atom. The van der Waals surface area contributed by atoms with Crippen molar-refractivity contribution < 1.29 is 38.2 Å². The van der Waals surface area contributed by atoms with Gasteiger partial charge in [-0.15, -0.1) is 0 Å². The lowest BCUT2D eigenvalue weighted by Gasteiger charge is -2.30. The predicted octanol–water partition coefficient (Wildman–Crippen LogP) is 1.98. The Kier molecular flexibility index (Phi) is 16.5. The molecule has 1 heterocycles. The molecule has 16 nitrogen and oxygen atoms in total. The lowest BCUT2D eigenvalue weighted by atomic mass is 9.93. The molecule has 57 heavy (non-hydrogen) atoms. The van der Waals surface area contributed by atoms with Gasteiger partial charge in [0.2, 0.25) is 23.6 Å². The smallest absolute Gasteiger partial charge is 0.253 e. The van der Waals surface area contributed by atoms with E-state index < -0.39 is 54.2 Å². The summed E-state index contributed by atoms with van der Waals surface area (Å²) >= 11 is 6.40. The number of nitriles is 1. The molecular formula is C40H49ClN8O8. The quantitative estimate of drug-likeness (QED) is 0.0904. The maximum atomic E-state index is 14.2. The molecule has 8 N–H and O–H groups in total. The number of amides is 5. The molecule has 4 rings (SSSR count). The summed E-state index contributed by atoms with van der Waals surface area (Å²) in [5, 5.41) is 19.6. The lowest BCUT2D eigenvalue weighted by Crippen LogP contribution is -2.55. The number of halogens is 1. The summed E-state index contributed by atoms with van der Waals surface area (Å²) in [5.41, 5.74) is 13.6. The third kappa shape index (κ3) is 11.8. The fourth-order valence-electron chi connectivity index (χ4n) is 5.96. The van der Waals surface area contributed by atoms with Crippen LogP contribution in [0.25, 0.3) is 11.1 Å². The fraction of sp³-hybridized carbons (Fsp3) is 0.400. The van der Waals surface area contributed by atoms with Gasteiger partial charge in [0.05, 0.1) is 29.8 Å². The lowest BCUT2D eigenvalue weighted by molar-refractivity contribution is -0.139. The van der Waals surface area contributed by atoms with Gasteiger partial charge in [0.1, 0.15) is 55.1 Å². The van der Waals surface area contributed by atoms with E-state index in [4.69, 9.17) is 42.5 Å². The first-order valence-electron chi connectivity index (χ1n) is 18.6. The number of nitrogens with two attached hydrogens (primary N) is 2. The maximum absolute atomic E-state index is 14.2. The van der Waals surface area contributed by atoms with Crippen molar-refractivity contribution in [1.29, 1.82) is 5.26 Å². The molecule has 5 amide bonds. The predicted molar refractivity (Wildman–Crippen MR) is 213 cm³/mol. The second-order valence-electron chi connectivity index (χ2n) is 13.2. The van der Waals surface area contributed by atoms with Gasteiger partial charge in [0.15, 0.2) is 0 Å². The molecule has 3 aromatic rings. The van der Waals surface area contributed by atoms with Crippen LogP contribution in [-0.2, 0) is 25.6 Å². The van der Waals surface area contributed by atoms with E-state index in [2.05, 4.69) is 21.3 Å². The first kappa shape index (κ1) is 43.8. The van der Waals surface area contributed by atoms with Crippen LogP contribution >= 0.6 is 11.6 Å². The number of nitrogens with one attached hydrogen (secondary N) is 4. The first-order valence-corrected chi connectivity index (χ1v) is 18.9. The van der Waals surface area contributed by atoms with Crippen LogP contribution in [0.4, 0.5) is 0 Å². The molecule has 2 unspecified atom stereocenters. The zero-order valence-electron chi connectivity index (χ0n) is 32.2. The Hall–Kier alpha value is -5.89. The molecule has 4 bridgehead atoms. The molecule has 0 saturated carbocycles. The maximum Gasteiger partial charge on any atom is 0.253 e. The number of rotatable bonds is 16. The molecule has 0 fully saturated rings. The van der Waals surface area contributed by atoms with Crippen LogP contribution in [0.15, 0.2) is 54.6 Å². The van der Waals surface area contributed by atoms with E-state index in [9.17, 15) is 24.0 Å². The molecular weight excluding hydrogens is 756 g/mol. The number of likely N-dealkylation sites (N-methyl/N-ethyl adjacent to an activating group) is 1. The number of unbranched alkanes of at least 4 members (excludes halogenated alkanes) is 1. The highest BCUT2D eigenvalue weighted by Gasteiger charge is 2.33. The molecule has 0 spiro atoms. The van der Waals surface area contributed by atoms with Gasteiger partial charge in [-0.25, -0.2) is 0 Å². The average Bonchev–Trinajstić information content (AvgIpc) is 3.20. The van der Waals surface area contributed by atoms with Gasteiger partial charge >= 0.3 is 0 Å². The largest absolute Gasteiger partial charge is 0.494 e. The van der Waals surface area contributed by atoms with Crippen LogP contribution < -0.4 is 46.9 Å². The van der Waals surface area contributed by atoms with Gasteiger partial charge in [-0.05, 0) is 66.9 Å². The van der Waals surface area contributed by atoms with Crippen molar-refractivity contribution >= 4 is 41.1 Å². The fourth-order valence-corrected chi connectivity index (χ4v) is 6.21. The monoisotopic (exact) mass is 804 g/mol. The van der Waals surface area contributed by atoms with E-state index in [-0.39, 0.29) is 49.9 Å². The molecule has 0 aliphatic carbocycles. The van der Waals surface area contributed by atoms with Crippen molar-refractivity contribution in [3.63, 3.8) is 0 Å². The molecule has 304 valence electrons. The summed E-state index contributed by atoms with van der Waals surface area (Å²) in [7, 11) is 1.40. The summed E-state index contributed by atoms with van der Waals surface area (Å²) in [4.78, 5) is 69.1. The van der Waals surface area contributed by atoms with Crippen LogP contribution in [0, 0.1) is 11.3 Å². The highest BCUT2D eigenvalue weighted by Crippen LogP contribution is 2.40. The van der Waals surface area contributed by atoms with E-state index in [1.54, 1.807) is 42.5 Å². The molecule has 0 saturated heterocycles. The summed E-state index contributed by atoms with van der Waals surface area (Å²) in [6.07, 6.45) is 1.82. The number of hydrogen-bond acceptors (Lipinski definition) is 11. The number of hydrogen-bond donors (Lipinski definition) is 6. The summed E-state index contributed by atoms with van der Waals surface area (Å²) < 4.78 is 17.7. The zero-order valence-corrected chi connectivity index (χ0v) is 32.9. The third-order valence-electron chi connectivity index (χ3n) is 8.95. The standard InChI is InChI=1S/C40H49ClN8O8/c1-4-5-16-55-27-8-9-28(31(41)22-27)38(52)46-23-35(50)49(3)36-26-7-11-34(57-18-14-44)30(21-26)29-19-25(6-10-33(29)56-17-13-43)20-32(39(53)45-15-12-42)48-37(51)24(2)47-40(36)54/h6-11,19,21-22,24,32,36H,4-5,13-18,20,23,43-44H2,1-3H3,(H,45,53)(H,46,52)(H,47,54)(H,48,51)/t24-,32?,36?/m0/s1. The molecule has 0 aromatic heterocycles. The normalized spacial score (nSPS) is 16.5. The summed E-state index contributed by atoms with van der Waals surface area (Å²) in [6.45, 7) is 3.89. The van der Waals surface area contributed by atoms with Crippen molar-refractivity contribution in [3.8, 4) is 34.4 Å². The van der Waals surface area contributed by atoms with Crippen LogP contribution in [-0.4, -0.2) is 99.6 Å². The van der Waals surface area contributed by atoms with Crippen molar-refractivity contribution in [2.75, 3.05) is 53.0 Å². The van der Waals surface area contributed by atoms with Gasteiger partial charge < -0.3 is 51.8 Å². The van der Waals surface area contributed by atoms with Crippen molar-refractivity contribution in [1.82, 2.24) is 26.2 Å².